The van der Waals surface area contributed by atoms with Crippen molar-refractivity contribution in [2.75, 3.05) is 19.7 Å². The smallest absolute Gasteiger partial charge is 0.252 e. The Balaban J connectivity index is 1.68. The Labute approximate surface area is 129 Å². The molecule has 6 heteroatoms. The topological polar surface area (TPSA) is 67.4 Å². The van der Waals surface area contributed by atoms with Gasteiger partial charge in [-0.3, -0.25) is 9.59 Å². The highest BCUT2D eigenvalue weighted by Crippen LogP contribution is 2.14. The van der Waals surface area contributed by atoms with Gasteiger partial charge in [-0.15, -0.1) is 0 Å². The summed E-state index contributed by atoms with van der Waals surface area (Å²) in [4.78, 5) is 23.7. The number of carbonyl (C=O) groups is 2. The first-order chi connectivity index (χ1) is 10.2. The minimum atomic E-state index is -0.349. The van der Waals surface area contributed by atoms with E-state index < -0.39 is 0 Å². The molecule has 2 N–H and O–H groups in total. The summed E-state index contributed by atoms with van der Waals surface area (Å²) < 4.78 is 5.39. The minimum absolute atomic E-state index is 0.110. The van der Waals surface area contributed by atoms with Gasteiger partial charge in [-0.05, 0) is 31.4 Å². The molecule has 0 saturated carbocycles. The zero-order valence-electron chi connectivity index (χ0n) is 11.7. The number of hydrogen-bond acceptors (Lipinski definition) is 3. The van der Waals surface area contributed by atoms with Crippen LogP contribution in [0.2, 0.25) is 5.02 Å². The molecule has 2 rings (SSSR count). The number of carbonyl (C=O) groups excluding carboxylic acids is 2. The first-order valence-electron chi connectivity index (χ1n) is 7.10. The van der Waals surface area contributed by atoms with Crippen molar-refractivity contribution in [1.29, 1.82) is 0 Å². The lowest BCUT2D eigenvalue weighted by Gasteiger charge is -2.21. The highest BCUT2D eigenvalue weighted by Gasteiger charge is 2.21. The summed E-state index contributed by atoms with van der Waals surface area (Å²) in [5.74, 6) is -0.356. The van der Waals surface area contributed by atoms with E-state index >= 15 is 0 Å². The van der Waals surface area contributed by atoms with Crippen LogP contribution in [-0.4, -0.2) is 37.6 Å². The maximum atomic E-state index is 11.9. The summed E-state index contributed by atoms with van der Waals surface area (Å²) in [6.07, 6.45) is 2.44. The van der Waals surface area contributed by atoms with Crippen LogP contribution in [0.25, 0.3) is 0 Å². The molecule has 1 aromatic rings. The fraction of sp³-hybridized carbons (Fsp3) is 0.467. The number of amides is 2. The normalized spacial score (nSPS) is 18.0. The van der Waals surface area contributed by atoms with Crippen LogP contribution in [-0.2, 0) is 9.53 Å². The van der Waals surface area contributed by atoms with Crippen molar-refractivity contribution in [3.8, 4) is 0 Å². The molecule has 114 valence electrons. The molecule has 0 spiro atoms. The van der Waals surface area contributed by atoms with E-state index in [0.29, 0.717) is 30.3 Å². The lowest BCUT2D eigenvalue weighted by molar-refractivity contribution is -0.135. The predicted molar refractivity (Wildman–Crippen MR) is 80.4 cm³/mol. The van der Waals surface area contributed by atoms with Gasteiger partial charge in [-0.2, -0.15) is 0 Å². The number of rotatable bonds is 5. The number of nitrogens with one attached hydrogen (secondary N) is 2. The van der Waals surface area contributed by atoms with Gasteiger partial charge in [0, 0.05) is 19.7 Å². The summed E-state index contributed by atoms with van der Waals surface area (Å²) in [7, 11) is 0. The van der Waals surface area contributed by atoms with Crippen molar-refractivity contribution in [3.05, 3.63) is 34.9 Å². The van der Waals surface area contributed by atoms with Crippen molar-refractivity contribution in [2.45, 2.75) is 25.4 Å². The molecule has 1 saturated heterocycles. The van der Waals surface area contributed by atoms with Crippen molar-refractivity contribution in [1.82, 2.24) is 10.6 Å². The first kappa shape index (κ1) is 15.8. The monoisotopic (exact) mass is 310 g/mol. The number of benzene rings is 1. The fourth-order valence-corrected chi connectivity index (χ4v) is 2.39. The molecule has 1 heterocycles. The molecule has 1 unspecified atom stereocenters. The summed E-state index contributed by atoms with van der Waals surface area (Å²) in [6.45, 7) is 1.36. The van der Waals surface area contributed by atoms with Crippen LogP contribution in [0.1, 0.15) is 29.6 Å². The molecule has 0 bridgehead atoms. The Morgan fingerprint density at radius 1 is 1.19 bits per heavy atom. The highest BCUT2D eigenvalue weighted by atomic mass is 35.5. The van der Waals surface area contributed by atoms with Gasteiger partial charge >= 0.3 is 0 Å². The molecule has 2 amide bonds. The van der Waals surface area contributed by atoms with Crippen LogP contribution in [0, 0.1) is 0 Å². The van der Waals surface area contributed by atoms with E-state index in [-0.39, 0.29) is 17.9 Å². The molecule has 1 aliphatic rings. The lowest BCUT2D eigenvalue weighted by Crippen LogP contribution is -2.41. The number of halogens is 1. The van der Waals surface area contributed by atoms with E-state index in [9.17, 15) is 9.59 Å². The Hall–Kier alpha value is -1.59. The van der Waals surface area contributed by atoms with Crippen LogP contribution >= 0.6 is 11.6 Å². The standard InChI is InChI=1S/C15H19ClN2O3/c16-12-6-2-1-5-11(12)14(19)17-8-9-18-15(20)13-7-3-4-10-21-13/h1-2,5-6,13H,3-4,7-10H2,(H,17,19)(H,18,20). The molecule has 5 nitrogen and oxygen atoms in total. The van der Waals surface area contributed by atoms with Gasteiger partial charge in [0.25, 0.3) is 5.91 Å². The molecule has 1 aliphatic heterocycles. The summed E-state index contributed by atoms with van der Waals surface area (Å²) in [6, 6.07) is 6.84. The molecule has 21 heavy (non-hydrogen) atoms. The second-order valence-corrected chi connectivity index (χ2v) is 5.29. The molecular formula is C15H19ClN2O3. The van der Waals surface area contributed by atoms with Gasteiger partial charge in [0.15, 0.2) is 0 Å². The van der Waals surface area contributed by atoms with Crippen LogP contribution < -0.4 is 10.6 Å². The predicted octanol–water partition coefficient (Wildman–Crippen LogP) is 1.76. The third kappa shape index (κ3) is 4.72. The van der Waals surface area contributed by atoms with Crippen molar-refractivity contribution in [2.24, 2.45) is 0 Å². The maximum absolute atomic E-state index is 11.9. The second kappa shape index (κ2) is 8.00. The average Bonchev–Trinajstić information content (AvgIpc) is 2.52. The summed E-state index contributed by atoms with van der Waals surface area (Å²) in [5.41, 5.74) is 0.432. The largest absolute Gasteiger partial charge is 0.368 e. The van der Waals surface area contributed by atoms with E-state index in [1.54, 1.807) is 24.3 Å². The molecular weight excluding hydrogens is 292 g/mol. The third-order valence-corrected chi connectivity index (χ3v) is 3.63. The van der Waals surface area contributed by atoms with E-state index in [4.69, 9.17) is 16.3 Å². The Morgan fingerprint density at radius 3 is 2.67 bits per heavy atom. The average molecular weight is 311 g/mol. The molecule has 1 fully saturated rings. The molecule has 1 aromatic carbocycles. The molecule has 0 aromatic heterocycles. The zero-order valence-corrected chi connectivity index (χ0v) is 12.5. The Kier molecular flexibility index (Phi) is 6.02. The quantitative estimate of drug-likeness (QED) is 0.814. The van der Waals surface area contributed by atoms with Crippen molar-refractivity contribution >= 4 is 23.4 Å². The van der Waals surface area contributed by atoms with Gasteiger partial charge in [0.1, 0.15) is 6.10 Å². The van der Waals surface area contributed by atoms with Gasteiger partial charge < -0.3 is 15.4 Å². The summed E-state index contributed by atoms with van der Waals surface area (Å²) >= 11 is 5.94. The van der Waals surface area contributed by atoms with Crippen molar-refractivity contribution < 1.29 is 14.3 Å². The highest BCUT2D eigenvalue weighted by molar-refractivity contribution is 6.33. The van der Waals surface area contributed by atoms with E-state index in [2.05, 4.69) is 10.6 Å². The second-order valence-electron chi connectivity index (χ2n) is 4.88. The van der Waals surface area contributed by atoms with E-state index in [1.165, 1.54) is 0 Å². The van der Waals surface area contributed by atoms with E-state index in [0.717, 1.165) is 19.3 Å². The number of hydrogen-bond donors (Lipinski definition) is 2. The van der Waals surface area contributed by atoms with Crippen LogP contribution in [0.15, 0.2) is 24.3 Å². The van der Waals surface area contributed by atoms with Gasteiger partial charge in [0.2, 0.25) is 5.91 Å². The minimum Gasteiger partial charge on any atom is -0.368 e. The fourth-order valence-electron chi connectivity index (χ4n) is 2.16. The van der Waals surface area contributed by atoms with Gasteiger partial charge in [0.05, 0.1) is 10.6 Å². The van der Waals surface area contributed by atoms with Crippen LogP contribution in [0.3, 0.4) is 0 Å². The third-order valence-electron chi connectivity index (χ3n) is 3.30. The molecule has 0 aliphatic carbocycles. The summed E-state index contributed by atoms with van der Waals surface area (Å²) in [5, 5.41) is 5.89. The van der Waals surface area contributed by atoms with Gasteiger partial charge in [-0.25, -0.2) is 0 Å². The molecule has 1 atom stereocenters. The van der Waals surface area contributed by atoms with Crippen LogP contribution in [0.5, 0.6) is 0 Å². The maximum Gasteiger partial charge on any atom is 0.252 e. The Morgan fingerprint density at radius 2 is 1.95 bits per heavy atom. The Bertz CT molecular complexity index is 501. The molecule has 0 radical (unpaired) electrons. The van der Waals surface area contributed by atoms with Crippen molar-refractivity contribution in [3.63, 3.8) is 0 Å². The van der Waals surface area contributed by atoms with Crippen LogP contribution in [0.4, 0.5) is 0 Å². The zero-order chi connectivity index (χ0) is 15.1. The van der Waals surface area contributed by atoms with E-state index in [1.807, 2.05) is 0 Å². The first-order valence-corrected chi connectivity index (χ1v) is 7.48. The lowest BCUT2D eigenvalue weighted by atomic mass is 10.1. The SMILES string of the molecule is O=C(NCCNC(=O)C1CCCCO1)c1ccccc1Cl. The van der Waals surface area contributed by atoms with Gasteiger partial charge in [-0.1, -0.05) is 23.7 Å². The number of ether oxygens (including phenoxy) is 1.